The first-order valence-corrected chi connectivity index (χ1v) is 5.57. The Kier molecular flexibility index (Phi) is 3.64. The highest BCUT2D eigenvalue weighted by molar-refractivity contribution is 5.93. The molecule has 1 fully saturated rings. The van der Waals surface area contributed by atoms with E-state index in [0.29, 0.717) is 12.5 Å². The van der Waals surface area contributed by atoms with Gasteiger partial charge in [0.15, 0.2) is 11.5 Å². The van der Waals surface area contributed by atoms with E-state index in [1.165, 1.54) is 18.2 Å². The number of carbonyl (C=O) groups is 1. The van der Waals surface area contributed by atoms with Gasteiger partial charge < -0.3 is 15.2 Å². The molecule has 98 valence electrons. The summed E-state index contributed by atoms with van der Waals surface area (Å²) in [5.41, 5.74) is 5.32. The van der Waals surface area contributed by atoms with Crippen LogP contribution in [0.5, 0.6) is 11.5 Å². The summed E-state index contributed by atoms with van der Waals surface area (Å²) >= 11 is 0. The third kappa shape index (κ3) is 3.32. The molecule has 0 aromatic heterocycles. The molecule has 1 aliphatic rings. The Balaban J connectivity index is 2.17. The first-order chi connectivity index (χ1) is 8.56. The van der Waals surface area contributed by atoms with E-state index in [1.807, 2.05) is 0 Å². The normalized spacial score (nSPS) is 14.6. The van der Waals surface area contributed by atoms with Gasteiger partial charge in [0.05, 0.1) is 6.61 Å². The zero-order valence-electron chi connectivity index (χ0n) is 9.57. The molecule has 0 heterocycles. The van der Waals surface area contributed by atoms with Crippen molar-refractivity contribution < 1.29 is 23.0 Å². The number of benzene rings is 1. The van der Waals surface area contributed by atoms with Crippen molar-refractivity contribution in [2.45, 2.75) is 19.5 Å². The van der Waals surface area contributed by atoms with Crippen LogP contribution in [0.3, 0.4) is 0 Å². The fourth-order valence-electron chi connectivity index (χ4n) is 1.46. The van der Waals surface area contributed by atoms with Crippen molar-refractivity contribution in [3.8, 4) is 11.5 Å². The quantitative estimate of drug-likeness (QED) is 0.849. The second kappa shape index (κ2) is 5.20. The molecule has 4 nitrogen and oxygen atoms in total. The minimum Gasteiger partial charge on any atom is -0.489 e. The van der Waals surface area contributed by atoms with Gasteiger partial charge in [-0.25, -0.2) is 0 Å². The smallest absolute Gasteiger partial charge is 0.387 e. The highest BCUT2D eigenvalue weighted by Gasteiger charge is 2.23. The molecule has 2 rings (SSSR count). The number of nitrogens with two attached hydrogens (primary N) is 1. The van der Waals surface area contributed by atoms with Crippen LogP contribution in [0, 0.1) is 5.92 Å². The van der Waals surface area contributed by atoms with Gasteiger partial charge in [-0.15, -0.1) is 0 Å². The highest BCUT2D eigenvalue weighted by atomic mass is 19.3. The van der Waals surface area contributed by atoms with Gasteiger partial charge in [-0.1, -0.05) is 0 Å². The monoisotopic (exact) mass is 257 g/mol. The van der Waals surface area contributed by atoms with Gasteiger partial charge >= 0.3 is 6.61 Å². The minimum atomic E-state index is -2.94. The molecule has 0 bridgehead atoms. The lowest BCUT2D eigenvalue weighted by molar-refractivity contribution is -0.0515. The molecule has 2 N–H and O–H groups in total. The van der Waals surface area contributed by atoms with Gasteiger partial charge in [0.1, 0.15) is 0 Å². The molecule has 0 aliphatic heterocycles. The zero-order chi connectivity index (χ0) is 13.1. The largest absolute Gasteiger partial charge is 0.489 e. The molecule has 0 radical (unpaired) electrons. The molecule has 1 saturated carbocycles. The van der Waals surface area contributed by atoms with E-state index in [-0.39, 0.29) is 17.1 Å². The summed E-state index contributed by atoms with van der Waals surface area (Å²) in [5.74, 6) is -0.148. The van der Waals surface area contributed by atoms with Crippen LogP contribution in [0.25, 0.3) is 0 Å². The number of amides is 1. The van der Waals surface area contributed by atoms with Crippen molar-refractivity contribution in [3.63, 3.8) is 0 Å². The molecular weight excluding hydrogens is 244 g/mol. The van der Waals surface area contributed by atoms with Crippen molar-refractivity contribution in [1.82, 2.24) is 0 Å². The van der Waals surface area contributed by atoms with Crippen molar-refractivity contribution in [2.24, 2.45) is 11.7 Å². The standard InChI is InChI=1S/C12H13F2NO3/c13-12(14)18-9-4-3-8(11(15)16)5-10(9)17-6-7-1-2-7/h3-5,7,12H,1-2,6H2,(H2,15,16). The lowest BCUT2D eigenvalue weighted by Crippen LogP contribution is -2.12. The second-order valence-corrected chi connectivity index (χ2v) is 4.16. The van der Waals surface area contributed by atoms with E-state index in [0.717, 1.165) is 12.8 Å². The average Bonchev–Trinajstić information content (AvgIpc) is 3.10. The summed E-state index contributed by atoms with van der Waals surface area (Å²) in [6.45, 7) is -2.50. The summed E-state index contributed by atoms with van der Waals surface area (Å²) < 4.78 is 34.1. The predicted molar refractivity (Wildman–Crippen MR) is 59.8 cm³/mol. The van der Waals surface area contributed by atoms with E-state index in [1.54, 1.807) is 0 Å². The minimum absolute atomic E-state index is 0.0874. The third-order valence-electron chi connectivity index (χ3n) is 2.62. The Morgan fingerprint density at radius 2 is 2.11 bits per heavy atom. The van der Waals surface area contributed by atoms with Crippen LogP contribution in [0.1, 0.15) is 23.2 Å². The van der Waals surface area contributed by atoms with Crippen LogP contribution in [0.15, 0.2) is 18.2 Å². The molecule has 1 aliphatic carbocycles. The number of rotatable bonds is 6. The van der Waals surface area contributed by atoms with Crippen molar-refractivity contribution in [3.05, 3.63) is 23.8 Å². The van der Waals surface area contributed by atoms with Gasteiger partial charge in [-0.3, -0.25) is 4.79 Å². The maximum Gasteiger partial charge on any atom is 0.387 e. The van der Waals surface area contributed by atoms with Gasteiger partial charge in [0.2, 0.25) is 5.91 Å². The number of carbonyl (C=O) groups excluding carboxylic acids is 1. The summed E-state index contributed by atoms with van der Waals surface area (Å²) in [7, 11) is 0. The lowest BCUT2D eigenvalue weighted by Gasteiger charge is -2.12. The van der Waals surface area contributed by atoms with Gasteiger partial charge in [-0.2, -0.15) is 8.78 Å². The van der Waals surface area contributed by atoms with Crippen LogP contribution in [-0.4, -0.2) is 19.1 Å². The van der Waals surface area contributed by atoms with Gasteiger partial charge in [0.25, 0.3) is 0 Å². The zero-order valence-corrected chi connectivity index (χ0v) is 9.57. The van der Waals surface area contributed by atoms with E-state index in [9.17, 15) is 13.6 Å². The number of hydrogen-bond donors (Lipinski definition) is 1. The molecule has 1 aromatic carbocycles. The topological polar surface area (TPSA) is 61.6 Å². The van der Waals surface area contributed by atoms with Crippen LogP contribution in [-0.2, 0) is 0 Å². The van der Waals surface area contributed by atoms with Crippen molar-refractivity contribution >= 4 is 5.91 Å². The third-order valence-corrected chi connectivity index (χ3v) is 2.62. The lowest BCUT2D eigenvalue weighted by atomic mass is 10.2. The van der Waals surface area contributed by atoms with Crippen LogP contribution in [0.4, 0.5) is 8.78 Å². The molecule has 1 amide bonds. The summed E-state index contributed by atoms with van der Waals surface area (Å²) in [6.07, 6.45) is 2.14. The maximum absolute atomic E-state index is 12.2. The number of ether oxygens (including phenoxy) is 2. The van der Waals surface area contributed by atoms with Crippen LogP contribution >= 0.6 is 0 Å². The van der Waals surface area contributed by atoms with E-state index in [4.69, 9.17) is 10.5 Å². The number of alkyl halides is 2. The predicted octanol–water partition coefficient (Wildman–Crippen LogP) is 2.18. The molecule has 1 aromatic rings. The van der Waals surface area contributed by atoms with Crippen molar-refractivity contribution in [1.29, 1.82) is 0 Å². The number of primary amides is 1. The Bertz CT molecular complexity index is 447. The Hall–Kier alpha value is -1.85. The van der Waals surface area contributed by atoms with E-state index >= 15 is 0 Å². The fraction of sp³-hybridized carbons (Fsp3) is 0.417. The number of hydrogen-bond acceptors (Lipinski definition) is 3. The van der Waals surface area contributed by atoms with E-state index in [2.05, 4.69) is 4.74 Å². The molecule has 0 unspecified atom stereocenters. The van der Waals surface area contributed by atoms with Crippen LogP contribution < -0.4 is 15.2 Å². The molecule has 0 spiro atoms. The van der Waals surface area contributed by atoms with Crippen molar-refractivity contribution in [2.75, 3.05) is 6.61 Å². The molecule has 0 atom stereocenters. The highest BCUT2D eigenvalue weighted by Crippen LogP contribution is 2.34. The summed E-state index contributed by atoms with van der Waals surface area (Å²) in [5, 5.41) is 0. The van der Waals surface area contributed by atoms with Crippen LogP contribution in [0.2, 0.25) is 0 Å². The maximum atomic E-state index is 12.2. The summed E-state index contributed by atoms with van der Waals surface area (Å²) in [6, 6.07) is 3.90. The first kappa shape index (κ1) is 12.6. The van der Waals surface area contributed by atoms with E-state index < -0.39 is 12.5 Å². The molecule has 0 saturated heterocycles. The average molecular weight is 257 g/mol. The molecular formula is C12H13F2NO3. The fourth-order valence-corrected chi connectivity index (χ4v) is 1.46. The second-order valence-electron chi connectivity index (χ2n) is 4.16. The SMILES string of the molecule is NC(=O)c1ccc(OC(F)F)c(OCC2CC2)c1. The number of halogens is 2. The first-order valence-electron chi connectivity index (χ1n) is 5.57. The summed E-state index contributed by atoms with van der Waals surface area (Å²) in [4.78, 5) is 11.0. The molecule has 6 heteroatoms. The Labute approximate surface area is 103 Å². The Morgan fingerprint density at radius 3 is 2.67 bits per heavy atom. The Morgan fingerprint density at radius 1 is 1.39 bits per heavy atom. The molecule has 18 heavy (non-hydrogen) atoms. The van der Waals surface area contributed by atoms with Gasteiger partial charge in [-0.05, 0) is 37.0 Å². The van der Waals surface area contributed by atoms with Gasteiger partial charge in [0, 0.05) is 5.56 Å².